The summed E-state index contributed by atoms with van der Waals surface area (Å²) in [5, 5.41) is 5.98. The van der Waals surface area contributed by atoms with E-state index in [1.54, 1.807) is 42.5 Å². The molecule has 0 fully saturated rings. The Morgan fingerprint density at radius 2 is 1.68 bits per heavy atom. The summed E-state index contributed by atoms with van der Waals surface area (Å²) in [6, 6.07) is 21.4. The molecule has 172 valence electrons. The van der Waals surface area contributed by atoms with Gasteiger partial charge >= 0.3 is 0 Å². The minimum Gasteiger partial charge on any atom is -0.352 e. The smallest absolute Gasteiger partial charge is 0.283 e. The summed E-state index contributed by atoms with van der Waals surface area (Å²) in [4.78, 5) is 39.2. The molecular formula is C26H21Cl2N3O3. The van der Waals surface area contributed by atoms with Crippen LogP contribution in [0.1, 0.15) is 21.5 Å². The molecule has 1 aliphatic heterocycles. The molecule has 3 aromatic carbocycles. The van der Waals surface area contributed by atoms with Crippen LogP contribution in [0.3, 0.4) is 0 Å². The van der Waals surface area contributed by atoms with Crippen molar-refractivity contribution in [2.24, 2.45) is 0 Å². The number of benzene rings is 3. The van der Waals surface area contributed by atoms with Crippen LogP contribution in [0.5, 0.6) is 0 Å². The van der Waals surface area contributed by atoms with Gasteiger partial charge in [0.15, 0.2) is 0 Å². The van der Waals surface area contributed by atoms with Gasteiger partial charge in [-0.05, 0) is 54.8 Å². The fourth-order valence-corrected chi connectivity index (χ4v) is 3.90. The van der Waals surface area contributed by atoms with Gasteiger partial charge in [0.2, 0.25) is 0 Å². The lowest BCUT2D eigenvalue weighted by Crippen LogP contribution is -2.32. The van der Waals surface area contributed by atoms with E-state index in [9.17, 15) is 14.4 Å². The molecule has 0 spiro atoms. The predicted molar refractivity (Wildman–Crippen MR) is 134 cm³/mol. The van der Waals surface area contributed by atoms with E-state index in [4.69, 9.17) is 23.2 Å². The van der Waals surface area contributed by atoms with Gasteiger partial charge in [-0.1, -0.05) is 65.7 Å². The maximum atomic E-state index is 13.0. The zero-order valence-electron chi connectivity index (χ0n) is 18.3. The van der Waals surface area contributed by atoms with Gasteiger partial charge in [0, 0.05) is 22.8 Å². The quantitative estimate of drug-likeness (QED) is 0.451. The first-order chi connectivity index (χ1) is 16.3. The molecule has 0 saturated heterocycles. The van der Waals surface area contributed by atoms with Crippen LogP contribution in [0, 0.1) is 6.92 Å². The summed E-state index contributed by atoms with van der Waals surface area (Å²) in [5.41, 5.74) is 3.07. The summed E-state index contributed by atoms with van der Waals surface area (Å²) >= 11 is 12.4. The van der Waals surface area contributed by atoms with E-state index < -0.39 is 11.8 Å². The zero-order chi connectivity index (χ0) is 24.2. The number of hydrogen-bond donors (Lipinski definition) is 2. The van der Waals surface area contributed by atoms with E-state index in [1.165, 1.54) is 0 Å². The molecule has 2 N–H and O–H groups in total. The van der Waals surface area contributed by atoms with E-state index in [0.29, 0.717) is 34.9 Å². The van der Waals surface area contributed by atoms with Crippen LogP contribution in [-0.2, 0) is 16.0 Å². The molecular weight excluding hydrogens is 473 g/mol. The Labute approximate surface area is 207 Å². The second-order valence-electron chi connectivity index (χ2n) is 7.77. The number of carbonyl (C=O) groups excluding carboxylic acids is 3. The van der Waals surface area contributed by atoms with Crippen LogP contribution in [0.2, 0.25) is 5.02 Å². The Morgan fingerprint density at radius 1 is 0.912 bits per heavy atom. The summed E-state index contributed by atoms with van der Waals surface area (Å²) in [6.07, 6.45) is 0.711. The lowest BCUT2D eigenvalue weighted by molar-refractivity contribution is -0.120. The molecule has 8 heteroatoms. The van der Waals surface area contributed by atoms with Crippen molar-refractivity contribution in [3.05, 3.63) is 105 Å². The van der Waals surface area contributed by atoms with Gasteiger partial charge in [0.25, 0.3) is 17.7 Å². The molecule has 1 heterocycles. The number of hydrogen-bond acceptors (Lipinski definition) is 4. The molecule has 0 atom stereocenters. The number of aryl methyl sites for hydroxylation is 1. The van der Waals surface area contributed by atoms with Crippen molar-refractivity contribution in [3.8, 4) is 0 Å². The third kappa shape index (κ3) is 4.98. The summed E-state index contributed by atoms with van der Waals surface area (Å²) in [7, 11) is 0. The Kier molecular flexibility index (Phi) is 7.01. The van der Waals surface area contributed by atoms with E-state index in [1.807, 2.05) is 37.3 Å². The maximum absolute atomic E-state index is 13.0. The third-order valence-corrected chi connectivity index (χ3v) is 6.13. The normalized spacial score (nSPS) is 13.4. The molecule has 0 aliphatic carbocycles. The first kappa shape index (κ1) is 23.5. The van der Waals surface area contributed by atoms with E-state index in [0.717, 1.165) is 16.0 Å². The number of rotatable bonds is 7. The Morgan fingerprint density at radius 3 is 2.41 bits per heavy atom. The van der Waals surface area contributed by atoms with Crippen molar-refractivity contribution in [2.75, 3.05) is 16.8 Å². The van der Waals surface area contributed by atoms with E-state index in [-0.39, 0.29) is 16.6 Å². The van der Waals surface area contributed by atoms with Crippen molar-refractivity contribution in [2.45, 2.75) is 13.3 Å². The highest BCUT2D eigenvalue weighted by atomic mass is 35.5. The molecule has 6 nitrogen and oxygen atoms in total. The standard InChI is InChI=1S/C26H21Cl2N3O3/c1-16-10-11-20(15-21(16)27)31-25(33)22(28)23(26(31)34)30-19-9-5-8-18(14-19)24(32)29-13-12-17-6-3-2-4-7-17/h2-11,14-15,30H,12-13H2,1H3,(H,29,32). The first-order valence-corrected chi connectivity index (χ1v) is 11.3. The number of anilines is 2. The van der Waals surface area contributed by atoms with Gasteiger partial charge in [0.05, 0.1) is 5.69 Å². The topological polar surface area (TPSA) is 78.5 Å². The minimum absolute atomic E-state index is 0.0648. The fourth-order valence-electron chi connectivity index (χ4n) is 3.52. The predicted octanol–water partition coefficient (Wildman–Crippen LogP) is 5.06. The lowest BCUT2D eigenvalue weighted by Gasteiger charge is -2.16. The SMILES string of the molecule is Cc1ccc(N2C(=O)C(Cl)=C(Nc3cccc(C(=O)NCCc4ccccc4)c3)C2=O)cc1Cl. The summed E-state index contributed by atoms with van der Waals surface area (Å²) in [5.74, 6) is -1.50. The highest BCUT2D eigenvalue weighted by molar-refractivity contribution is 6.53. The zero-order valence-corrected chi connectivity index (χ0v) is 19.8. The Balaban J connectivity index is 1.45. The van der Waals surface area contributed by atoms with Gasteiger partial charge in [-0.15, -0.1) is 0 Å². The second-order valence-corrected chi connectivity index (χ2v) is 8.55. The molecule has 3 amide bonds. The van der Waals surface area contributed by atoms with Crippen LogP contribution in [0.25, 0.3) is 0 Å². The highest BCUT2D eigenvalue weighted by Crippen LogP contribution is 2.32. The molecule has 4 rings (SSSR count). The Bertz CT molecular complexity index is 1310. The molecule has 0 saturated carbocycles. The minimum atomic E-state index is -0.649. The van der Waals surface area contributed by atoms with Gasteiger partial charge < -0.3 is 10.6 Å². The number of nitrogens with one attached hydrogen (secondary N) is 2. The van der Waals surface area contributed by atoms with Gasteiger partial charge in [-0.2, -0.15) is 0 Å². The molecule has 0 aromatic heterocycles. The van der Waals surface area contributed by atoms with Gasteiger partial charge in [-0.3, -0.25) is 14.4 Å². The number of imide groups is 1. The molecule has 34 heavy (non-hydrogen) atoms. The molecule has 3 aromatic rings. The lowest BCUT2D eigenvalue weighted by atomic mass is 10.1. The van der Waals surface area contributed by atoms with Crippen LogP contribution >= 0.6 is 23.2 Å². The number of amides is 3. The monoisotopic (exact) mass is 493 g/mol. The van der Waals surface area contributed by atoms with Crippen molar-refractivity contribution in [1.29, 1.82) is 0 Å². The largest absolute Gasteiger partial charge is 0.352 e. The van der Waals surface area contributed by atoms with Gasteiger partial charge in [-0.25, -0.2) is 4.90 Å². The average Bonchev–Trinajstić information content (AvgIpc) is 3.05. The fraction of sp³-hybridized carbons (Fsp3) is 0.115. The average molecular weight is 494 g/mol. The van der Waals surface area contributed by atoms with Crippen molar-refractivity contribution in [1.82, 2.24) is 5.32 Å². The maximum Gasteiger partial charge on any atom is 0.283 e. The molecule has 1 aliphatic rings. The van der Waals surface area contributed by atoms with Crippen LogP contribution in [-0.4, -0.2) is 24.3 Å². The van der Waals surface area contributed by atoms with E-state index >= 15 is 0 Å². The molecule has 0 radical (unpaired) electrons. The summed E-state index contributed by atoms with van der Waals surface area (Å²) < 4.78 is 0. The number of carbonyl (C=O) groups is 3. The molecule has 0 unspecified atom stereocenters. The van der Waals surface area contributed by atoms with Crippen molar-refractivity contribution >= 4 is 52.3 Å². The van der Waals surface area contributed by atoms with Crippen molar-refractivity contribution in [3.63, 3.8) is 0 Å². The van der Waals surface area contributed by atoms with Crippen LogP contribution in [0.15, 0.2) is 83.5 Å². The van der Waals surface area contributed by atoms with Crippen molar-refractivity contribution < 1.29 is 14.4 Å². The highest BCUT2D eigenvalue weighted by Gasteiger charge is 2.39. The van der Waals surface area contributed by atoms with Crippen LogP contribution < -0.4 is 15.5 Å². The van der Waals surface area contributed by atoms with Gasteiger partial charge in [0.1, 0.15) is 10.7 Å². The molecule has 0 bridgehead atoms. The Hall–Kier alpha value is -3.61. The third-order valence-electron chi connectivity index (χ3n) is 5.38. The van der Waals surface area contributed by atoms with Crippen LogP contribution in [0.4, 0.5) is 11.4 Å². The number of nitrogens with zero attached hydrogens (tertiary/aromatic N) is 1. The second kappa shape index (κ2) is 10.1. The summed E-state index contributed by atoms with van der Waals surface area (Å²) in [6.45, 7) is 2.31. The van der Waals surface area contributed by atoms with E-state index in [2.05, 4.69) is 10.6 Å². The first-order valence-electron chi connectivity index (χ1n) is 10.6. The number of halogens is 2.